The Morgan fingerprint density at radius 1 is 1.27 bits per heavy atom. The lowest BCUT2D eigenvalue weighted by Gasteiger charge is -2.18. The van der Waals surface area contributed by atoms with Gasteiger partial charge >= 0.3 is 0 Å². The van der Waals surface area contributed by atoms with Crippen molar-refractivity contribution >= 4 is 5.57 Å². The van der Waals surface area contributed by atoms with Gasteiger partial charge in [-0.15, -0.1) is 0 Å². The van der Waals surface area contributed by atoms with Crippen molar-refractivity contribution in [3.63, 3.8) is 0 Å². The minimum Gasteiger partial charge on any atom is -0.327 e. The highest BCUT2D eigenvalue weighted by atomic mass is 14.6. The molecular formula is C14H19N. The summed E-state index contributed by atoms with van der Waals surface area (Å²) in [5, 5.41) is 0. The van der Waals surface area contributed by atoms with E-state index in [0.29, 0.717) is 6.04 Å². The average molecular weight is 201 g/mol. The zero-order chi connectivity index (χ0) is 10.7. The Bertz CT molecular complexity index is 348. The van der Waals surface area contributed by atoms with Gasteiger partial charge < -0.3 is 5.73 Å². The lowest BCUT2D eigenvalue weighted by molar-refractivity contribution is 0.614. The maximum atomic E-state index is 5.88. The standard InChI is InChI=1S/C14H19N/c1-2-11-3-5-12(6-4-11)13-7-9-14(15)10-8-13/h3-7,14H,2,8-10,15H2,1H3. The van der Waals surface area contributed by atoms with Crippen LogP contribution < -0.4 is 5.73 Å². The lowest BCUT2D eigenvalue weighted by Crippen LogP contribution is -2.21. The summed E-state index contributed by atoms with van der Waals surface area (Å²) in [4.78, 5) is 0. The lowest BCUT2D eigenvalue weighted by atomic mass is 9.91. The number of aryl methyl sites for hydroxylation is 1. The highest BCUT2D eigenvalue weighted by molar-refractivity contribution is 5.66. The summed E-state index contributed by atoms with van der Waals surface area (Å²) in [7, 11) is 0. The zero-order valence-corrected chi connectivity index (χ0v) is 9.37. The topological polar surface area (TPSA) is 26.0 Å². The molecule has 0 fully saturated rings. The van der Waals surface area contributed by atoms with E-state index in [-0.39, 0.29) is 0 Å². The molecule has 0 saturated carbocycles. The average Bonchev–Trinajstić information content (AvgIpc) is 2.30. The number of hydrogen-bond donors (Lipinski definition) is 1. The van der Waals surface area contributed by atoms with Crippen molar-refractivity contribution in [2.45, 2.75) is 38.6 Å². The van der Waals surface area contributed by atoms with Crippen molar-refractivity contribution in [2.24, 2.45) is 5.73 Å². The number of allylic oxidation sites excluding steroid dienone is 1. The van der Waals surface area contributed by atoms with Gasteiger partial charge in [0.05, 0.1) is 0 Å². The molecule has 0 bridgehead atoms. The number of nitrogens with two attached hydrogens (primary N) is 1. The van der Waals surface area contributed by atoms with E-state index < -0.39 is 0 Å². The van der Waals surface area contributed by atoms with Crippen LogP contribution in [0.15, 0.2) is 30.3 Å². The van der Waals surface area contributed by atoms with Gasteiger partial charge in [-0.2, -0.15) is 0 Å². The summed E-state index contributed by atoms with van der Waals surface area (Å²) in [5.74, 6) is 0. The Kier molecular flexibility index (Phi) is 3.22. The predicted octanol–water partition coefficient (Wildman–Crippen LogP) is 3.14. The predicted molar refractivity (Wildman–Crippen MR) is 65.6 cm³/mol. The minimum atomic E-state index is 0.378. The van der Waals surface area contributed by atoms with E-state index >= 15 is 0 Å². The van der Waals surface area contributed by atoms with Crippen molar-refractivity contribution in [1.82, 2.24) is 0 Å². The Labute approximate surface area is 92.0 Å². The molecule has 0 aliphatic heterocycles. The molecule has 0 spiro atoms. The summed E-state index contributed by atoms with van der Waals surface area (Å²) < 4.78 is 0. The van der Waals surface area contributed by atoms with Gasteiger partial charge in [-0.05, 0) is 42.4 Å². The largest absolute Gasteiger partial charge is 0.327 e. The molecule has 2 N–H and O–H groups in total. The molecule has 1 aromatic carbocycles. The highest BCUT2D eigenvalue weighted by Gasteiger charge is 2.11. The Balaban J connectivity index is 2.16. The summed E-state index contributed by atoms with van der Waals surface area (Å²) in [6.45, 7) is 2.19. The van der Waals surface area contributed by atoms with Crippen LogP contribution >= 0.6 is 0 Å². The molecule has 0 aromatic heterocycles. The van der Waals surface area contributed by atoms with E-state index in [9.17, 15) is 0 Å². The molecule has 1 atom stereocenters. The molecule has 0 heterocycles. The molecule has 80 valence electrons. The number of rotatable bonds is 2. The minimum absolute atomic E-state index is 0.378. The Morgan fingerprint density at radius 3 is 2.53 bits per heavy atom. The van der Waals surface area contributed by atoms with E-state index in [1.165, 1.54) is 16.7 Å². The van der Waals surface area contributed by atoms with Crippen LogP contribution in [0.3, 0.4) is 0 Å². The third kappa shape index (κ3) is 2.48. The van der Waals surface area contributed by atoms with Crippen LogP contribution in [0.1, 0.15) is 37.3 Å². The van der Waals surface area contributed by atoms with E-state index in [1.807, 2.05) is 0 Å². The fraction of sp³-hybridized carbons (Fsp3) is 0.429. The monoisotopic (exact) mass is 201 g/mol. The fourth-order valence-corrected chi connectivity index (χ4v) is 2.07. The summed E-state index contributed by atoms with van der Waals surface area (Å²) in [6.07, 6.45) is 6.71. The molecule has 0 amide bonds. The Hall–Kier alpha value is -1.08. The van der Waals surface area contributed by atoms with Crippen LogP contribution in [-0.4, -0.2) is 6.04 Å². The third-order valence-electron chi connectivity index (χ3n) is 3.18. The smallest absolute Gasteiger partial charge is 0.00767 e. The molecule has 15 heavy (non-hydrogen) atoms. The quantitative estimate of drug-likeness (QED) is 0.781. The van der Waals surface area contributed by atoms with Crippen molar-refractivity contribution in [3.05, 3.63) is 41.5 Å². The maximum Gasteiger partial charge on any atom is 0.00767 e. The van der Waals surface area contributed by atoms with Crippen molar-refractivity contribution in [2.75, 3.05) is 0 Å². The number of benzene rings is 1. The number of hydrogen-bond acceptors (Lipinski definition) is 1. The van der Waals surface area contributed by atoms with Gasteiger partial charge in [-0.25, -0.2) is 0 Å². The molecule has 2 rings (SSSR count). The van der Waals surface area contributed by atoms with Crippen LogP contribution in [0.25, 0.3) is 5.57 Å². The second-order valence-electron chi connectivity index (χ2n) is 4.31. The zero-order valence-electron chi connectivity index (χ0n) is 9.37. The molecule has 1 unspecified atom stereocenters. The molecular weight excluding hydrogens is 182 g/mol. The van der Waals surface area contributed by atoms with E-state index in [2.05, 4.69) is 37.3 Å². The molecule has 1 heteroatoms. The van der Waals surface area contributed by atoms with E-state index in [4.69, 9.17) is 5.73 Å². The van der Waals surface area contributed by atoms with Gasteiger partial charge in [0.2, 0.25) is 0 Å². The molecule has 0 saturated heterocycles. The van der Waals surface area contributed by atoms with Gasteiger partial charge in [0, 0.05) is 6.04 Å². The van der Waals surface area contributed by atoms with Gasteiger partial charge in [0.25, 0.3) is 0 Å². The normalized spacial score (nSPS) is 21.2. The SMILES string of the molecule is CCc1ccc(C2=CCC(N)CC2)cc1. The van der Waals surface area contributed by atoms with E-state index in [0.717, 1.165) is 25.7 Å². The summed E-state index contributed by atoms with van der Waals surface area (Å²) in [6, 6.07) is 9.31. The first-order valence-corrected chi connectivity index (χ1v) is 5.83. The molecule has 1 aliphatic carbocycles. The highest BCUT2D eigenvalue weighted by Crippen LogP contribution is 2.26. The van der Waals surface area contributed by atoms with Crippen molar-refractivity contribution in [3.8, 4) is 0 Å². The second-order valence-corrected chi connectivity index (χ2v) is 4.31. The summed E-state index contributed by atoms with van der Waals surface area (Å²) in [5.41, 5.74) is 10.1. The van der Waals surface area contributed by atoms with Crippen LogP contribution in [0.4, 0.5) is 0 Å². The van der Waals surface area contributed by atoms with Crippen molar-refractivity contribution in [1.29, 1.82) is 0 Å². The molecule has 1 aliphatic rings. The first-order valence-electron chi connectivity index (χ1n) is 5.83. The van der Waals surface area contributed by atoms with Gasteiger partial charge in [0.1, 0.15) is 0 Å². The maximum absolute atomic E-state index is 5.88. The van der Waals surface area contributed by atoms with Gasteiger partial charge in [0.15, 0.2) is 0 Å². The molecule has 0 radical (unpaired) electrons. The second kappa shape index (κ2) is 4.63. The third-order valence-corrected chi connectivity index (χ3v) is 3.18. The van der Waals surface area contributed by atoms with Crippen LogP contribution in [-0.2, 0) is 6.42 Å². The van der Waals surface area contributed by atoms with Crippen LogP contribution in [0, 0.1) is 0 Å². The molecule has 1 aromatic rings. The van der Waals surface area contributed by atoms with Gasteiger partial charge in [-0.3, -0.25) is 0 Å². The summed E-state index contributed by atoms with van der Waals surface area (Å²) >= 11 is 0. The molecule has 1 nitrogen and oxygen atoms in total. The van der Waals surface area contributed by atoms with E-state index in [1.54, 1.807) is 0 Å². The van der Waals surface area contributed by atoms with Crippen molar-refractivity contribution < 1.29 is 0 Å². The van der Waals surface area contributed by atoms with Gasteiger partial charge in [-0.1, -0.05) is 37.3 Å². The first-order chi connectivity index (χ1) is 7.29. The first kappa shape index (κ1) is 10.4. The van der Waals surface area contributed by atoms with Crippen LogP contribution in [0.2, 0.25) is 0 Å². The Morgan fingerprint density at radius 2 is 2.00 bits per heavy atom. The van der Waals surface area contributed by atoms with Crippen LogP contribution in [0.5, 0.6) is 0 Å². The fourth-order valence-electron chi connectivity index (χ4n) is 2.07.